The van der Waals surface area contributed by atoms with Crippen LogP contribution >= 0.6 is 0 Å². The SMILES string of the molecule is CCOC(=O)/C=C/CC[C@@H](C)C1CCC2C3C(CCC21C)C1(C)CCC2(C[C@@H]1C[C@H]3OC(=O)c1ccccc1)OCCO2. The number of allylic oxidation sites excluding steroid dienone is 1. The van der Waals surface area contributed by atoms with Gasteiger partial charge in [-0.2, -0.15) is 0 Å². The second kappa shape index (κ2) is 12.3. The molecule has 0 aromatic heterocycles. The summed E-state index contributed by atoms with van der Waals surface area (Å²) in [6.07, 6.45) is 14.2. The number of fused-ring (bicyclic) bond motifs is 5. The van der Waals surface area contributed by atoms with E-state index in [2.05, 4.69) is 20.8 Å². The molecule has 43 heavy (non-hydrogen) atoms. The Morgan fingerprint density at radius 2 is 1.74 bits per heavy atom. The molecule has 0 amide bonds. The molecule has 6 nitrogen and oxygen atoms in total. The number of esters is 2. The van der Waals surface area contributed by atoms with Gasteiger partial charge in [-0.15, -0.1) is 0 Å². The summed E-state index contributed by atoms with van der Waals surface area (Å²) >= 11 is 0. The maximum atomic E-state index is 13.5. The smallest absolute Gasteiger partial charge is 0.338 e. The van der Waals surface area contributed by atoms with Gasteiger partial charge in [-0.25, -0.2) is 9.59 Å². The fourth-order valence-electron chi connectivity index (χ4n) is 10.7. The summed E-state index contributed by atoms with van der Waals surface area (Å²) in [6, 6.07) is 9.52. The minimum Gasteiger partial charge on any atom is -0.463 e. The van der Waals surface area contributed by atoms with E-state index in [1.807, 2.05) is 43.3 Å². The van der Waals surface area contributed by atoms with E-state index in [1.54, 1.807) is 6.08 Å². The minimum atomic E-state index is -0.441. The Morgan fingerprint density at radius 1 is 1.00 bits per heavy atom. The van der Waals surface area contributed by atoms with Crippen molar-refractivity contribution in [1.29, 1.82) is 0 Å². The van der Waals surface area contributed by atoms with Crippen molar-refractivity contribution in [3.05, 3.63) is 48.0 Å². The van der Waals surface area contributed by atoms with E-state index in [9.17, 15) is 9.59 Å². The molecule has 236 valence electrons. The predicted molar refractivity (Wildman–Crippen MR) is 165 cm³/mol. The van der Waals surface area contributed by atoms with E-state index >= 15 is 0 Å². The molecule has 6 unspecified atom stereocenters. The number of rotatable bonds is 8. The Kier molecular flexibility index (Phi) is 8.83. The van der Waals surface area contributed by atoms with Crippen LogP contribution in [0.15, 0.2) is 42.5 Å². The molecule has 6 rings (SSSR count). The zero-order valence-electron chi connectivity index (χ0n) is 26.7. The van der Waals surface area contributed by atoms with Crippen molar-refractivity contribution < 1.29 is 28.5 Å². The summed E-state index contributed by atoms with van der Waals surface area (Å²) < 4.78 is 24.1. The van der Waals surface area contributed by atoms with Crippen molar-refractivity contribution >= 4 is 11.9 Å². The van der Waals surface area contributed by atoms with Gasteiger partial charge in [0.25, 0.3) is 0 Å². The van der Waals surface area contributed by atoms with Crippen LogP contribution in [0.4, 0.5) is 0 Å². The Hall–Kier alpha value is -2.18. The van der Waals surface area contributed by atoms with E-state index in [4.69, 9.17) is 18.9 Å². The first-order valence-electron chi connectivity index (χ1n) is 17.1. The maximum absolute atomic E-state index is 13.5. The first kappa shape index (κ1) is 30.8. The van der Waals surface area contributed by atoms with Crippen LogP contribution in [-0.2, 0) is 23.7 Å². The van der Waals surface area contributed by atoms with E-state index in [0.29, 0.717) is 60.9 Å². The molecule has 5 fully saturated rings. The summed E-state index contributed by atoms with van der Waals surface area (Å²) in [5.74, 6) is 2.23. The van der Waals surface area contributed by atoms with Gasteiger partial charge in [0, 0.05) is 24.8 Å². The van der Waals surface area contributed by atoms with Crippen LogP contribution in [0.3, 0.4) is 0 Å². The van der Waals surface area contributed by atoms with Crippen LogP contribution in [0.1, 0.15) is 102 Å². The van der Waals surface area contributed by atoms with Gasteiger partial charge in [-0.05, 0) is 111 Å². The second-order valence-electron chi connectivity index (χ2n) is 14.8. The normalized spacial score (nSPS) is 38.7. The molecule has 6 heteroatoms. The van der Waals surface area contributed by atoms with Crippen molar-refractivity contribution in [2.75, 3.05) is 19.8 Å². The van der Waals surface area contributed by atoms with E-state index < -0.39 is 5.79 Å². The molecule has 9 atom stereocenters. The van der Waals surface area contributed by atoms with Gasteiger partial charge in [-0.1, -0.05) is 45.0 Å². The molecule has 1 aromatic carbocycles. The van der Waals surface area contributed by atoms with Crippen LogP contribution in [0.5, 0.6) is 0 Å². The van der Waals surface area contributed by atoms with Crippen molar-refractivity contribution in [3.63, 3.8) is 0 Å². The summed E-state index contributed by atoms with van der Waals surface area (Å²) in [5, 5.41) is 0. The summed E-state index contributed by atoms with van der Waals surface area (Å²) in [7, 11) is 0. The number of benzene rings is 1. The molecule has 1 aliphatic heterocycles. The highest BCUT2D eigenvalue weighted by Crippen LogP contribution is 2.69. The summed E-state index contributed by atoms with van der Waals surface area (Å²) in [6.45, 7) is 11.1. The first-order chi connectivity index (χ1) is 20.7. The largest absolute Gasteiger partial charge is 0.463 e. The lowest BCUT2D eigenvalue weighted by Crippen LogP contribution is -2.60. The number of carbonyl (C=O) groups excluding carboxylic acids is 2. The zero-order valence-corrected chi connectivity index (χ0v) is 26.7. The lowest BCUT2D eigenvalue weighted by atomic mass is 9.43. The van der Waals surface area contributed by atoms with Gasteiger partial charge in [0.2, 0.25) is 0 Å². The molecule has 4 aliphatic carbocycles. The lowest BCUT2D eigenvalue weighted by Gasteiger charge is -2.63. The van der Waals surface area contributed by atoms with E-state index in [1.165, 1.54) is 25.7 Å². The Balaban J connectivity index is 1.23. The molecule has 4 saturated carbocycles. The number of hydrogen-bond acceptors (Lipinski definition) is 6. The average Bonchev–Trinajstić information content (AvgIpc) is 3.60. The van der Waals surface area contributed by atoms with Crippen LogP contribution < -0.4 is 0 Å². The quantitative estimate of drug-likeness (QED) is 0.227. The molecular weight excluding hydrogens is 540 g/mol. The number of ether oxygens (including phenoxy) is 4. The fourth-order valence-corrected chi connectivity index (χ4v) is 10.7. The molecule has 0 radical (unpaired) electrons. The molecule has 5 aliphatic rings. The Labute approximate surface area is 258 Å². The third kappa shape index (κ3) is 5.72. The summed E-state index contributed by atoms with van der Waals surface area (Å²) in [4.78, 5) is 25.3. The van der Waals surface area contributed by atoms with Crippen LogP contribution in [0.2, 0.25) is 0 Å². The van der Waals surface area contributed by atoms with Crippen molar-refractivity contribution in [1.82, 2.24) is 0 Å². The third-order valence-corrected chi connectivity index (χ3v) is 12.8. The first-order valence-corrected chi connectivity index (χ1v) is 17.1. The molecule has 0 N–H and O–H groups in total. The van der Waals surface area contributed by atoms with Crippen molar-refractivity contribution in [2.24, 2.45) is 46.3 Å². The topological polar surface area (TPSA) is 71.1 Å². The van der Waals surface area contributed by atoms with Gasteiger partial charge >= 0.3 is 11.9 Å². The molecule has 1 aromatic rings. The van der Waals surface area contributed by atoms with Crippen LogP contribution in [0.25, 0.3) is 0 Å². The second-order valence-corrected chi connectivity index (χ2v) is 14.8. The van der Waals surface area contributed by atoms with Gasteiger partial charge < -0.3 is 18.9 Å². The number of hydrogen-bond donors (Lipinski definition) is 0. The summed E-state index contributed by atoms with van der Waals surface area (Å²) in [5.41, 5.74) is 1.09. The van der Waals surface area contributed by atoms with Gasteiger partial charge in [0.15, 0.2) is 5.79 Å². The molecule has 1 saturated heterocycles. The van der Waals surface area contributed by atoms with Gasteiger partial charge in [-0.3, -0.25) is 0 Å². The van der Waals surface area contributed by atoms with Gasteiger partial charge in [0.05, 0.1) is 25.4 Å². The molecule has 1 heterocycles. The molecule has 0 bridgehead atoms. The highest BCUT2D eigenvalue weighted by molar-refractivity contribution is 5.89. The minimum absolute atomic E-state index is 0.0847. The average molecular weight is 593 g/mol. The van der Waals surface area contributed by atoms with Crippen molar-refractivity contribution in [2.45, 2.75) is 104 Å². The zero-order chi connectivity index (χ0) is 30.2. The van der Waals surface area contributed by atoms with Gasteiger partial charge in [0.1, 0.15) is 6.10 Å². The van der Waals surface area contributed by atoms with Crippen LogP contribution in [0, 0.1) is 46.3 Å². The highest BCUT2D eigenvalue weighted by atomic mass is 16.7. The number of carbonyl (C=O) groups is 2. The van der Waals surface area contributed by atoms with E-state index in [-0.39, 0.29) is 28.9 Å². The lowest BCUT2D eigenvalue weighted by molar-refractivity contribution is -0.242. The Morgan fingerprint density at radius 3 is 2.49 bits per heavy atom. The maximum Gasteiger partial charge on any atom is 0.338 e. The predicted octanol–water partition coefficient (Wildman–Crippen LogP) is 7.76. The molecular formula is C37H52O6. The Bertz CT molecular complexity index is 1170. The van der Waals surface area contributed by atoms with E-state index in [0.717, 1.165) is 38.5 Å². The van der Waals surface area contributed by atoms with Crippen molar-refractivity contribution in [3.8, 4) is 0 Å². The standard InChI is InChI=1S/C37H52O6/c1-5-40-32(38)14-10-9-11-25(2)28-15-16-29-33-30(17-18-36(28,29)4)35(3)19-20-37(41-21-22-42-37)24-27(35)23-31(33)43-34(39)26-12-7-6-8-13-26/h6-8,10,12-14,25,27-31,33H,5,9,11,15-24H2,1-4H3/b14-10+/t25-,27+,28?,29?,30?,31-,33?,35?,36?/m1/s1. The third-order valence-electron chi connectivity index (χ3n) is 12.8. The highest BCUT2D eigenvalue weighted by Gasteiger charge is 2.65. The molecule has 1 spiro atoms. The monoisotopic (exact) mass is 592 g/mol. The van der Waals surface area contributed by atoms with Crippen LogP contribution in [-0.4, -0.2) is 43.7 Å². The fraction of sp³-hybridized carbons (Fsp3) is 0.730.